The van der Waals surface area contributed by atoms with Gasteiger partial charge in [-0.1, -0.05) is 181 Å². The molecule has 0 amide bonds. The van der Waals surface area contributed by atoms with Crippen LogP contribution < -0.4 is 34.5 Å². The summed E-state index contributed by atoms with van der Waals surface area (Å²) in [6.07, 6.45) is 32.7. The van der Waals surface area contributed by atoms with Crippen LogP contribution in [-0.4, -0.2) is 37.9 Å². The molecule has 0 aliphatic heterocycles. The summed E-state index contributed by atoms with van der Waals surface area (Å²) in [5.74, 6) is -0.813. The third kappa shape index (κ3) is 39.1. The van der Waals surface area contributed by atoms with Crippen molar-refractivity contribution in [3.05, 3.63) is 0 Å². The number of ether oxygens (including phenoxy) is 2. The summed E-state index contributed by atoms with van der Waals surface area (Å²) >= 11 is 0. The Morgan fingerprint density at radius 2 is 0.837 bits per heavy atom. The molecule has 0 spiro atoms. The molecule has 0 aliphatic rings. The molecular formula is C39H76NaO8P. The van der Waals surface area contributed by atoms with Gasteiger partial charge in [0.25, 0.3) is 7.82 Å². The number of carbonyl (C=O) groups excluding carboxylic acids is 2. The zero-order valence-corrected chi connectivity index (χ0v) is 35.5. The first-order valence-corrected chi connectivity index (χ1v) is 21.8. The summed E-state index contributed by atoms with van der Waals surface area (Å²) in [6.45, 7) is 5.78. The second-order valence-electron chi connectivity index (χ2n) is 13.7. The van der Waals surface area contributed by atoms with Gasteiger partial charge in [0.15, 0.2) is 6.10 Å². The molecule has 0 aromatic heterocycles. The van der Waals surface area contributed by atoms with Gasteiger partial charge in [-0.25, -0.2) is 0 Å². The Morgan fingerprint density at radius 1 is 0.490 bits per heavy atom. The second-order valence-corrected chi connectivity index (χ2v) is 15.1. The second kappa shape index (κ2) is 39.3. The van der Waals surface area contributed by atoms with Gasteiger partial charge in [0, 0.05) is 12.8 Å². The molecule has 0 saturated heterocycles. The van der Waals surface area contributed by atoms with E-state index in [9.17, 15) is 19.0 Å². The fourth-order valence-electron chi connectivity index (χ4n) is 5.73. The van der Waals surface area contributed by atoms with Crippen LogP contribution in [0.4, 0.5) is 0 Å². The van der Waals surface area contributed by atoms with Crippen LogP contribution in [0.2, 0.25) is 0 Å². The van der Waals surface area contributed by atoms with E-state index in [0.717, 1.165) is 38.5 Å². The van der Waals surface area contributed by atoms with E-state index < -0.39 is 26.5 Å². The molecule has 8 nitrogen and oxygen atoms in total. The zero-order chi connectivity index (χ0) is 35.4. The maximum atomic E-state index is 12.5. The molecule has 286 valence electrons. The van der Waals surface area contributed by atoms with Crippen LogP contribution in [0.15, 0.2) is 0 Å². The van der Waals surface area contributed by atoms with Crippen molar-refractivity contribution in [2.45, 2.75) is 219 Å². The number of carbonyl (C=O) groups is 2. The summed E-state index contributed by atoms with van der Waals surface area (Å²) in [5, 5.41) is 0. The van der Waals surface area contributed by atoms with E-state index in [0.29, 0.717) is 19.3 Å². The van der Waals surface area contributed by atoms with Gasteiger partial charge in [-0.05, 0) is 19.3 Å². The molecule has 2 atom stereocenters. The van der Waals surface area contributed by atoms with Crippen LogP contribution in [0.5, 0.6) is 0 Å². The van der Waals surface area contributed by atoms with Gasteiger partial charge in [-0.2, -0.15) is 0 Å². The van der Waals surface area contributed by atoms with E-state index in [1.165, 1.54) is 128 Å². The van der Waals surface area contributed by atoms with Gasteiger partial charge >= 0.3 is 41.5 Å². The molecule has 10 heteroatoms. The number of rotatable bonds is 38. The minimum absolute atomic E-state index is 0. The first kappa shape index (κ1) is 51.2. The molecule has 0 aromatic carbocycles. The Morgan fingerprint density at radius 3 is 1.22 bits per heavy atom. The molecule has 0 aliphatic carbocycles. The Labute approximate surface area is 324 Å². The maximum absolute atomic E-state index is 12.5. The molecule has 1 unspecified atom stereocenters. The zero-order valence-electron chi connectivity index (χ0n) is 32.6. The summed E-state index contributed by atoms with van der Waals surface area (Å²) in [7, 11) is -4.54. The van der Waals surface area contributed by atoms with E-state index in [-0.39, 0.29) is 55.2 Å². The number of phosphoric acid groups is 1. The first-order chi connectivity index (χ1) is 23.3. The van der Waals surface area contributed by atoms with Gasteiger partial charge in [0.2, 0.25) is 0 Å². The third-order valence-electron chi connectivity index (χ3n) is 8.86. The van der Waals surface area contributed by atoms with Crippen LogP contribution in [-0.2, 0) is 32.7 Å². The molecule has 49 heavy (non-hydrogen) atoms. The van der Waals surface area contributed by atoms with Crippen LogP contribution in [0.1, 0.15) is 213 Å². The van der Waals surface area contributed by atoms with Crippen molar-refractivity contribution in [2.24, 2.45) is 0 Å². The number of phosphoric ester groups is 1. The monoisotopic (exact) mass is 727 g/mol. The smallest absolute Gasteiger partial charge is 0.756 e. The predicted molar refractivity (Wildman–Crippen MR) is 196 cm³/mol. The molecule has 0 N–H and O–H groups in total. The van der Waals surface area contributed by atoms with Crippen molar-refractivity contribution in [1.82, 2.24) is 0 Å². The minimum atomic E-state index is -4.54. The van der Waals surface area contributed by atoms with Crippen LogP contribution in [0.25, 0.3) is 0 Å². The average molecular weight is 727 g/mol. The topological polar surface area (TPSA) is 111 Å². The molecular weight excluding hydrogens is 650 g/mol. The standard InChI is InChI=1S/C39H77O8P.Na/c1-4-7-10-12-14-16-18-20-22-24-26-28-30-32-38(40)44-35-37(36-46-48(42,43)45-34-9-6-3)47-39(41)33-31-29-27-25-23-21-19-17-15-13-11-8-5-2;/h37H,4-36H2,1-3H3,(H,42,43);/q;+1/p-1/t37-;/m1./s1. The van der Waals surface area contributed by atoms with Crippen molar-refractivity contribution in [3.8, 4) is 0 Å². The van der Waals surface area contributed by atoms with Gasteiger partial charge in [-0.3, -0.25) is 14.2 Å². The maximum Gasteiger partial charge on any atom is 1.00 e. The van der Waals surface area contributed by atoms with Gasteiger partial charge in [0.05, 0.1) is 13.2 Å². The molecule has 0 rings (SSSR count). The van der Waals surface area contributed by atoms with Gasteiger partial charge in [-0.15, -0.1) is 0 Å². The predicted octanol–water partition coefficient (Wildman–Crippen LogP) is 8.71. The average Bonchev–Trinajstić information content (AvgIpc) is 3.06. The fraction of sp³-hybridized carbons (Fsp3) is 0.949. The van der Waals surface area contributed by atoms with Gasteiger partial charge in [0.1, 0.15) is 6.61 Å². The fourth-order valence-corrected chi connectivity index (χ4v) is 6.50. The summed E-state index contributed by atoms with van der Waals surface area (Å²) in [6, 6.07) is 0. The van der Waals surface area contributed by atoms with E-state index in [2.05, 4.69) is 13.8 Å². The molecule has 0 bridgehead atoms. The molecule has 0 saturated carbocycles. The van der Waals surface area contributed by atoms with Crippen molar-refractivity contribution in [1.29, 1.82) is 0 Å². The number of hydrogen-bond acceptors (Lipinski definition) is 8. The van der Waals surface area contributed by atoms with Crippen LogP contribution in [0.3, 0.4) is 0 Å². The van der Waals surface area contributed by atoms with E-state index >= 15 is 0 Å². The Kier molecular flexibility index (Phi) is 41.0. The van der Waals surface area contributed by atoms with Crippen LogP contribution >= 0.6 is 7.82 Å². The molecule has 0 fully saturated rings. The van der Waals surface area contributed by atoms with Crippen molar-refractivity contribution in [2.75, 3.05) is 19.8 Å². The Hall–Kier alpha value is 0.0500. The first-order valence-electron chi connectivity index (χ1n) is 20.3. The number of hydrogen-bond donors (Lipinski definition) is 0. The summed E-state index contributed by atoms with van der Waals surface area (Å²) in [5.41, 5.74) is 0. The normalized spacial score (nSPS) is 13.1. The van der Waals surface area contributed by atoms with Crippen molar-refractivity contribution >= 4 is 19.8 Å². The SMILES string of the molecule is CCCCCCCCCCCCCCCC(=O)OC[C@H](COP(=O)([O-])OCCCC)OC(=O)CCCCCCCCCCCCCCC.[Na+]. The number of esters is 2. The Bertz CT molecular complexity index is 769. The molecule has 0 aromatic rings. The minimum Gasteiger partial charge on any atom is -0.756 e. The number of unbranched alkanes of at least 4 members (excludes halogenated alkanes) is 25. The largest absolute Gasteiger partial charge is 1.00 e. The van der Waals surface area contributed by atoms with E-state index in [4.69, 9.17) is 18.5 Å². The molecule has 0 radical (unpaired) electrons. The van der Waals surface area contributed by atoms with Gasteiger partial charge < -0.3 is 23.4 Å². The summed E-state index contributed by atoms with van der Waals surface area (Å²) in [4.78, 5) is 37.0. The Balaban J connectivity index is 0. The third-order valence-corrected chi connectivity index (χ3v) is 9.83. The van der Waals surface area contributed by atoms with E-state index in [1.807, 2.05) is 6.92 Å². The van der Waals surface area contributed by atoms with Crippen LogP contribution in [0, 0.1) is 0 Å². The van der Waals surface area contributed by atoms with Crippen molar-refractivity contribution < 1.29 is 67.1 Å². The summed E-state index contributed by atoms with van der Waals surface area (Å²) < 4.78 is 32.8. The van der Waals surface area contributed by atoms with E-state index in [1.54, 1.807) is 0 Å². The van der Waals surface area contributed by atoms with Crippen molar-refractivity contribution in [3.63, 3.8) is 0 Å². The quantitative estimate of drug-likeness (QED) is 0.0269. The molecule has 0 heterocycles.